The van der Waals surface area contributed by atoms with Crippen LogP contribution >= 0.6 is 11.6 Å². The lowest BCUT2D eigenvalue weighted by molar-refractivity contribution is -0.116. The van der Waals surface area contributed by atoms with Crippen LogP contribution in [0.3, 0.4) is 0 Å². The van der Waals surface area contributed by atoms with Crippen molar-refractivity contribution < 1.29 is 18.3 Å². The summed E-state index contributed by atoms with van der Waals surface area (Å²) in [5.74, 6) is -0.453. The highest BCUT2D eigenvalue weighted by atomic mass is 35.5. The van der Waals surface area contributed by atoms with E-state index in [4.69, 9.17) is 11.6 Å². The molecule has 0 aliphatic heterocycles. The minimum atomic E-state index is -3.73. The Bertz CT molecular complexity index is 853. The molecule has 0 fully saturated rings. The molecule has 0 bridgehead atoms. The summed E-state index contributed by atoms with van der Waals surface area (Å²) in [5, 5.41) is 12.6. The SMILES string of the molecule is Cc1ccc(NC(=O)CCNS(=O)(=O)c2cccc(Cl)c2)c(O)c1. The summed E-state index contributed by atoms with van der Waals surface area (Å²) in [6, 6.07) is 10.7. The summed E-state index contributed by atoms with van der Waals surface area (Å²) in [5.41, 5.74) is 1.14. The second kappa shape index (κ2) is 7.65. The molecular weight excluding hydrogens is 352 g/mol. The second-order valence-corrected chi connectivity index (χ2v) is 7.38. The molecule has 3 N–H and O–H groups in total. The monoisotopic (exact) mass is 368 g/mol. The fourth-order valence-corrected chi connectivity index (χ4v) is 3.31. The Morgan fingerprint density at radius 2 is 1.96 bits per heavy atom. The van der Waals surface area contributed by atoms with Gasteiger partial charge in [0, 0.05) is 18.0 Å². The van der Waals surface area contributed by atoms with Crippen molar-refractivity contribution in [1.29, 1.82) is 0 Å². The van der Waals surface area contributed by atoms with Crippen LogP contribution in [-0.2, 0) is 14.8 Å². The molecule has 0 spiro atoms. The van der Waals surface area contributed by atoms with Gasteiger partial charge in [0.1, 0.15) is 5.75 Å². The highest BCUT2D eigenvalue weighted by molar-refractivity contribution is 7.89. The summed E-state index contributed by atoms with van der Waals surface area (Å²) >= 11 is 5.77. The first-order chi connectivity index (χ1) is 11.3. The molecule has 0 radical (unpaired) electrons. The number of aromatic hydroxyl groups is 1. The first-order valence-corrected chi connectivity index (χ1v) is 8.99. The number of amides is 1. The van der Waals surface area contributed by atoms with Crippen LogP contribution < -0.4 is 10.0 Å². The normalized spacial score (nSPS) is 11.2. The molecule has 8 heteroatoms. The molecule has 6 nitrogen and oxygen atoms in total. The van der Waals surface area contributed by atoms with Gasteiger partial charge in [0.25, 0.3) is 0 Å². The maximum absolute atomic E-state index is 12.1. The van der Waals surface area contributed by atoms with Gasteiger partial charge in [-0.3, -0.25) is 4.79 Å². The lowest BCUT2D eigenvalue weighted by Gasteiger charge is -2.09. The van der Waals surface area contributed by atoms with Gasteiger partial charge in [-0.1, -0.05) is 23.7 Å². The van der Waals surface area contributed by atoms with Gasteiger partial charge >= 0.3 is 0 Å². The zero-order valence-electron chi connectivity index (χ0n) is 12.9. The number of hydrogen-bond donors (Lipinski definition) is 3. The summed E-state index contributed by atoms with van der Waals surface area (Å²) < 4.78 is 26.5. The Hall–Kier alpha value is -2.09. The Labute approximate surface area is 145 Å². The van der Waals surface area contributed by atoms with Crippen molar-refractivity contribution in [3.63, 3.8) is 0 Å². The number of sulfonamides is 1. The Morgan fingerprint density at radius 3 is 2.62 bits per heavy atom. The van der Waals surface area contributed by atoms with E-state index in [1.807, 2.05) is 6.92 Å². The van der Waals surface area contributed by atoms with Crippen LogP contribution in [-0.4, -0.2) is 26.0 Å². The third-order valence-electron chi connectivity index (χ3n) is 3.18. The smallest absolute Gasteiger partial charge is 0.240 e. The van der Waals surface area contributed by atoms with Crippen molar-refractivity contribution >= 4 is 33.2 Å². The quantitative estimate of drug-likeness (QED) is 0.683. The fraction of sp³-hybridized carbons (Fsp3) is 0.188. The van der Waals surface area contributed by atoms with Crippen LogP contribution in [0.15, 0.2) is 47.4 Å². The average molecular weight is 369 g/mol. The van der Waals surface area contributed by atoms with Crippen molar-refractivity contribution in [3.8, 4) is 5.75 Å². The number of nitrogens with one attached hydrogen (secondary N) is 2. The minimum absolute atomic E-state index is 0.0339. The topological polar surface area (TPSA) is 95.5 Å². The molecule has 0 aliphatic carbocycles. The number of aryl methyl sites for hydroxylation is 1. The van der Waals surface area contributed by atoms with Crippen LogP contribution in [0.4, 0.5) is 5.69 Å². The van der Waals surface area contributed by atoms with Gasteiger partial charge in [0.2, 0.25) is 15.9 Å². The maximum atomic E-state index is 12.1. The second-order valence-electron chi connectivity index (χ2n) is 5.17. The summed E-state index contributed by atoms with van der Waals surface area (Å²) in [6.07, 6.45) is -0.0763. The number of phenols is 1. The van der Waals surface area contributed by atoms with Crippen molar-refractivity contribution in [2.24, 2.45) is 0 Å². The number of hydrogen-bond acceptors (Lipinski definition) is 4. The highest BCUT2D eigenvalue weighted by Crippen LogP contribution is 2.23. The average Bonchev–Trinajstić information content (AvgIpc) is 2.50. The molecule has 0 atom stereocenters. The molecule has 2 aromatic carbocycles. The number of halogens is 1. The van der Waals surface area contributed by atoms with E-state index in [-0.39, 0.29) is 29.3 Å². The number of rotatable bonds is 6. The van der Waals surface area contributed by atoms with Crippen molar-refractivity contribution in [2.75, 3.05) is 11.9 Å². The number of anilines is 1. The van der Waals surface area contributed by atoms with Crippen LogP contribution in [0.2, 0.25) is 5.02 Å². The van der Waals surface area contributed by atoms with Crippen LogP contribution in [0.25, 0.3) is 0 Å². The van der Waals surface area contributed by atoms with Gasteiger partial charge in [-0.25, -0.2) is 13.1 Å². The molecule has 24 heavy (non-hydrogen) atoms. The van der Waals surface area contributed by atoms with E-state index < -0.39 is 15.9 Å². The van der Waals surface area contributed by atoms with E-state index in [2.05, 4.69) is 10.0 Å². The van der Waals surface area contributed by atoms with Gasteiger partial charge in [-0.2, -0.15) is 0 Å². The van der Waals surface area contributed by atoms with Gasteiger partial charge in [-0.05, 0) is 42.8 Å². The van der Waals surface area contributed by atoms with E-state index in [1.165, 1.54) is 24.3 Å². The lowest BCUT2D eigenvalue weighted by Crippen LogP contribution is -2.27. The number of phenolic OH excluding ortho intramolecular Hbond substituents is 1. The molecule has 0 aromatic heterocycles. The third kappa shape index (κ3) is 4.95. The first kappa shape index (κ1) is 18.3. The zero-order chi connectivity index (χ0) is 17.7. The predicted molar refractivity (Wildman–Crippen MR) is 92.7 cm³/mol. The van der Waals surface area contributed by atoms with Gasteiger partial charge in [0.05, 0.1) is 10.6 Å². The Morgan fingerprint density at radius 1 is 1.21 bits per heavy atom. The van der Waals surface area contributed by atoms with E-state index in [0.29, 0.717) is 5.02 Å². The van der Waals surface area contributed by atoms with Crippen molar-refractivity contribution in [2.45, 2.75) is 18.2 Å². The molecule has 0 saturated heterocycles. The summed E-state index contributed by atoms with van der Waals surface area (Å²) in [7, 11) is -3.73. The fourth-order valence-electron chi connectivity index (χ4n) is 1.98. The summed E-state index contributed by atoms with van der Waals surface area (Å²) in [6.45, 7) is 1.74. The van der Waals surface area contributed by atoms with E-state index in [1.54, 1.807) is 18.2 Å². The zero-order valence-corrected chi connectivity index (χ0v) is 14.5. The predicted octanol–water partition coefficient (Wildman–Crippen LogP) is 2.66. The van der Waals surface area contributed by atoms with E-state index in [9.17, 15) is 18.3 Å². The molecule has 2 rings (SSSR count). The van der Waals surface area contributed by atoms with Gasteiger partial charge in [-0.15, -0.1) is 0 Å². The number of carbonyl (C=O) groups excluding carboxylic acids is 1. The van der Waals surface area contributed by atoms with E-state index in [0.717, 1.165) is 5.56 Å². The molecule has 0 heterocycles. The molecule has 0 aliphatic rings. The first-order valence-electron chi connectivity index (χ1n) is 7.12. The van der Waals surface area contributed by atoms with Crippen LogP contribution in [0, 0.1) is 6.92 Å². The van der Waals surface area contributed by atoms with Crippen LogP contribution in [0.5, 0.6) is 5.75 Å². The molecule has 2 aromatic rings. The number of carbonyl (C=O) groups is 1. The summed E-state index contributed by atoms with van der Waals surface area (Å²) in [4.78, 5) is 11.9. The minimum Gasteiger partial charge on any atom is -0.506 e. The van der Waals surface area contributed by atoms with E-state index >= 15 is 0 Å². The largest absolute Gasteiger partial charge is 0.506 e. The molecular formula is C16H17ClN2O4S. The molecule has 0 unspecified atom stereocenters. The molecule has 128 valence electrons. The van der Waals surface area contributed by atoms with Gasteiger partial charge in [0.15, 0.2) is 0 Å². The molecule has 1 amide bonds. The maximum Gasteiger partial charge on any atom is 0.240 e. The Kier molecular flexibility index (Phi) is 5.82. The Balaban J connectivity index is 1.90. The molecule has 0 saturated carbocycles. The number of benzene rings is 2. The lowest BCUT2D eigenvalue weighted by atomic mass is 10.2. The van der Waals surface area contributed by atoms with Crippen molar-refractivity contribution in [3.05, 3.63) is 53.1 Å². The standard InChI is InChI=1S/C16H17ClN2O4S/c1-11-5-6-14(15(20)9-11)19-16(21)7-8-18-24(22,23)13-4-2-3-12(17)10-13/h2-6,9-10,18,20H,7-8H2,1H3,(H,19,21). The van der Waals surface area contributed by atoms with Gasteiger partial charge < -0.3 is 10.4 Å². The third-order valence-corrected chi connectivity index (χ3v) is 4.87. The van der Waals surface area contributed by atoms with Crippen LogP contribution in [0.1, 0.15) is 12.0 Å². The highest BCUT2D eigenvalue weighted by Gasteiger charge is 2.15. The van der Waals surface area contributed by atoms with Crippen molar-refractivity contribution in [1.82, 2.24) is 4.72 Å².